The molecule has 7 heteroatoms. The zero-order chi connectivity index (χ0) is 21.9. The summed E-state index contributed by atoms with van der Waals surface area (Å²) in [5, 5.41) is 2.82. The fourth-order valence-corrected chi connectivity index (χ4v) is 4.55. The number of hydrogen-bond donors (Lipinski definition) is 2. The molecule has 0 aliphatic rings. The van der Waals surface area contributed by atoms with Crippen LogP contribution in [0.2, 0.25) is 5.02 Å². The highest BCUT2D eigenvalue weighted by Crippen LogP contribution is 2.27. The average Bonchev–Trinajstić information content (AvgIpc) is 2.70. The summed E-state index contributed by atoms with van der Waals surface area (Å²) in [6.45, 7) is 5.98. The Kier molecular flexibility index (Phi) is 6.48. The number of aryl methyl sites for hydroxylation is 1. The normalized spacial score (nSPS) is 11.4. The topological polar surface area (TPSA) is 75.3 Å². The number of para-hydroxylation sites is 1. The molecule has 0 aliphatic heterocycles. The zero-order valence-electron chi connectivity index (χ0n) is 16.9. The lowest BCUT2D eigenvalue weighted by molar-refractivity contribution is 0.102. The van der Waals surface area contributed by atoms with Gasteiger partial charge in [-0.05, 0) is 60.4 Å². The minimum atomic E-state index is -3.97. The molecule has 156 valence electrons. The first-order valence-electron chi connectivity index (χ1n) is 9.46. The third kappa shape index (κ3) is 5.01. The standard InChI is InChI=1S/C23H23ClN2O3S/c1-15(2)17-8-11-19(12-9-17)25-23(27)18-10-13-20(24)22(14-18)30(28,29)26-21-7-5-4-6-16(21)3/h4-15,26H,1-3H3,(H,25,27). The molecule has 0 aliphatic carbocycles. The van der Waals surface area contributed by atoms with Crippen LogP contribution in [-0.4, -0.2) is 14.3 Å². The number of nitrogens with one attached hydrogen (secondary N) is 2. The van der Waals surface area contributed by atoms with Gasteiger partial charge in [0.05, 0.1) is 10.7 Å². The molecule has 0 unspecified atom stereocenters. The van der Waals surface area contributed by atoms with Crippen molar-refractivity contribution < 1.29 is 13.2 Å². The summed E-state index contributed by atoms with van der Waals surface area (Å²) in [6.07, 6.45) is 0. The molecule has 1 amide bonds. The number of rotatable bonds is 6. The molecular weight excluding hydrogens is 420 g/mol. The molecule has 3 aromatic rings. The fourth-order valence-electron chi connectivity index (χ4n) is 2.89. The van der Waals surface area contributed by atoms with Crippen LogP contribution in [0.3, 0.4) is 0 Å². The molecule has 30 heavy (non-hydrogen) atoms. The number of anilines is 2. The molecule has 0 aromatic heterocycles. The molecule has 0 atom stereocenters. The van der Waals surface area contributed by atoms with Crippen LogP contribution in [0, 0.1) is 6.92 Å². The summed E-state index contributed by atoms with van der Waals surface area (Å²) in [5.74, 6) is -0.0316. The molecule has 0 fully saturated rings. The van der Waals surface area contributed by atoms with E-state index in [0.29, 0.717) is 17.3 Å². The molecule has 0 radical (unpaired) electrons. The minimum Gasteiger partial charge on any atom is -0.322 e. The van der Waals surface area contributed by atoms with Crippen molar-refractivity contribution in [3.05, 3.63) is 88.4 Å². The Morgan fingerprint density at radius 2 is 1.63 bits per heavy atom. The average molecular weight is 443 g/mol. The van der Waals surface area contributed by atoms with Crippen LogP contribution in [0.25, 0.3) is 0 Å². The van der Waals surface area contributed by atoms with Crippen LogP contribution < -0.4 is 10.0 Å². The predicted octanol–water partition coefficient (Wildman–Crippen LogP) is 5.82. The second-order valence-corrected chi connectivity index (χ2v) is 9.35. The third-order valence-electron chi connectivity index (χ3n) is 4.71. The van der Waals surface area contributed by atoms with Gasteiger partial charge in [0.1, 0.15) is 4.90 Å². The first-order valence-corrected chi connectivity index (χ1v) is 11.3. The predicted molar refractivity (Wildman–Crippen MR) is 122 cm³/mol. The number of halogens is 1. The highest BCUT2D eigenvalue weighted by atomic mass is 35.5. The van der Waals surface area contributed by atoms with Crippen molar-refractivity contribution in [1.82, 2.24) is 0 Å². The monoisotopic (exact) mass is 442 g/mol. The second-order valence-electron chi connectivity index (χ2n) is 7.30. The van der Waals surface area contributed by atoms with Crippen LogP contribution in [0.15, 0.2) is 71.6 Å². The maximum absolute atomic E-state index is 12.9. The summed E-state index contributed by atoms with van der Waals surface area (Å²) in [4.78, 5) is 12.5. The highest BCUT2D eigenvalue weighted by Gasteiger charge is 2.21. The van der Waals surface area contributed by atoms with E-state index in [1.165, 1.54) is 18.2 Å². The Morgan fingerprint density at radius 3 is 2.27 bits per heavy atom. The largest absolute Gasteiger partial charge is 0.322 e. The lowest BCUT2D eigenvalue weighted by Gasteiger charge is -2.13. The van der Waals surface area contributed by atoms with Gasteiger partial charge in [0.2, 0.25) is 0 Å². The SMILES string of the molecule is Cc1ccccc1NS(=O)(=O)c1cc(C(=O)Nc2ccc(C(C)C)cc2)ccc1Cl. The van der Waals surface area contributed by atoms with E-state index >= 15 is 0 Å². The fraction of sp³-hybridized carbons (Fsp3) is 0.174. The number of benzene rings is 3. The van der Waals surface area contributed by atoms with Gasteiger partial charge in [0, 0.05) is 11.3 Å². The van der Waals surface area contributed by atoms with Crippen LogP contribution in [0.5, 0.6) is 0 Å². The second kappa shape index (κ2) is 8.90. The van der Waals surface area contributed by atoms with E-state index in [2.05, 4.69) is 23.9 Å². The van der Waals surface area contributed by atoms with E-state index in [-0.39, 0.29) is 15.5 Å². The lowest BCUT2D eigenvalue weighted by Crippen LogP contribution is -2.17. The molecule has 0 saturated carbocycles. The Bertz CT molecular complexity index is 1170. The van der Waals surface area contributed by atoms with Crippen molar-refractivity contribution in [2.75, 3.05) is 10.0 Å². The maximum atomic E-state index is 12.9. The van der Waals surface area contributed by atoms with E-state index in [1.807, 2.05) is 30.3 Å². The molecular formula is C23H23ClN2O3S. The molecule has 0 spiro atoms. The van der Waals surface area contributed by atoms with Crippen LogP contribution in [-0.2, 0) is 10.0 Å². The molecule has 3 aromatic carbocycles. The molecule has 0 heterocycles. The summed E-state index contributed by atoms with van der Waals surface area (Å²) in [6, 6.07) is 18.7. The Hall–Kier alpha value is -2.83. The number of carbonyl (C=O) groups excluding carboxylic acids is 1. The summed E-state index contributed by atoms with van der Waals surface area (Å²) in [5.41, 5.74) is 3.21. The van der Waals surface area contributed by atoms with Crippen molar-refractivity contribution in [1.29, 1.82) is 0 Å². The van der Waals surface area contributed by atoms with Gasteiger partial charge in [-0.3, -0.25) is 9.52 Å². The van der Waals surface area contributed by atoms with E-state index in [1.54, 1.807) is 25.1 Å². The molecule has 5 nitrogen and oxygen atoms in total. The van der Waals surface area contributed by atoms with E-state index in [4.69, 9.17) is 11.6 Å². The Morgan fingerprint density at radius 1 is 0.967 bits per heavy atom. The minimum absolute atomic E-state index is 0.0360. The maximum Gasteiger partial charge on any atom is 0.263 e. The van der Waals surface area contributed by atoms with E-state index in [9.17, 15) is 13.2 Å². The number of carbonyl (C=O) groups is 1. The lowest BCUT2D eigenvalue weighted by atomic mass is 10.0. The van der Waals surface area contributed by atoms with Crippen molar-refractivity contribution in [2.45, 2.75) is 31.6 Å². The van der Waals surface area contributed by atoms with Crippen molar-refractivity contribution >= 4 is 38.9 Å². The first kappa shape index (κ1) is 21.9. The number of sulfonamides is 1. The van der Waals surface area contributed by atoms with Gasteiger partial charge < -0.3 is 5.32 Å². The zero-order valence-corrected chi connectivity index (χ0v) is 18.5. The molecule has 2 N–H and O–H groups in total. The van der Waals surface area contributed by atoms with Crippen LogP contribution in [0.4, 0.5) is 11.4 Å². The Balaban J connectivity index is 1.85. The summed E-state index contributed by atoms with van der Waals surface area (Å²) in [7, 11) is -3.97. The van der Waals surface area contributed by atoms with Gasteiger partial charge in [-0.15, -0.1) is 0 Å². The smallest absolute Gasteiger partial charge is 0.263 e. The number of hydrogen-bond acceptors (Lipinski definition) is 3. The van der Waals surface area contributed by atoms with Gasteiger partial charge in [-0.2, -0.15) is 0 Å². The van der Waals surface area contributed by atoms with E-state index in [0.717, 1.165) is 11.1 Å². The third-order valence-corrected chi connectivity index (χ3v) is 6.55. The van der Waals surface area contributed by atoms with Gasteiger partial charge in [0.15, 0.2) is 0 Å². The summed E-state index contributed by atoms with van der Waals surface area (Å²) >= 11 is 6.15. The van der Waals surface area contributed by atoms with Crippen molar-refractivity contribution in [2.24, 2.45) is 0 Å². The molecule has 3 rings (SSSR count). The van der Waals surface area contributed by atoms with Gasteiger partial charge >= 0.3 is 0 Å². The van der Waals surface area contributed by atoms with Crippen LogP contribution >= 0.6 is 11.6 Å². The van der Waals surface area contributed by atoms with Gasteiger partial charge in [0.25, 0.3) is 15.9 Å². The van der Waals surface area contributed by atoms with Crippen LogP contribution in [0.1, 0.15) is 41.3 Å². The van der Waals surface area contributed by atoms with Gasteiger partial charge in [-0.1, -0.05) is 55.8 Å². The van der Waals surface area contributed by atoms with E-state index < -0.39 is 15.9 Å². The molecule has 0 saturated heterocycles. The number of amides is 1. The molecule has 0 bridgehead atoms. The van der Waals surface area contributed by atoms with Crippen molar-refractivity contribution in [3.63, 3.8) is 0 Å². The van der Waals surface area contributed by atoms with Gasteiger partial charge in [-0.25, -0.2) is 8.42 Å². The van der Waals surface area contributed by atoms with Crippen molar-refractivity contribution in [3.8, 4) is 0 Å². The Labute approximate surface area is 182 Å². The highest BCUT2D eigenvalue weighted by molar-refractivity contribution is 7.92. The quantitative estimate of drug-likeness (QED) is 0.504. The first-order chi connectivity index (χ1) is 14.2. The summed E-state index contributed by atoms with van der Waals surface area (Å²) < 4.78 is 28.3.